The first-order chi connectivity index (χ1) is 7.74. The maximum absolute atomic E-state index is 11.7. The van der Waals surface area contributed by atoms with Gasteiger partial charge in [-0.1, -0.05) is 0 Å². The highest BCUT2D eigenvalue weighted by molar-refractivity contribution is 7.89. The zero-order chi connectivity index (χ0) is 13.2. The second-order valence-electron chi connectivity index (χ2n) is 3.74. The molecule has 0 fully saturated rings. The quantitative estimate of drug-likeness (QED) is 0.616. The van der Waals surface area contributed by atoms with E-state index in [1.54, 1.807) is 0 Å². The molecule has 0 saturated heterocycles. The molecule has 1 aromatic rings. The summed E-state index contributed by atoms with van der Waals surface area (Å²) < 4.78 is 27.0. The first kappa shape index (κ1) is 13.7. The third-order valence-electron chi connectivity index (χ3n) is 2.11. The van der Waals surface area contributed by atoms with Gasteiger partial charge in [0, 0.05) is 19.8 Å². The summed E-state index contributed by atoms with van der Waals surface area (Å²) in [5.74, 6) is -0.704. The fourth-order valence-electron chi connectivity index (χ4n) is 1.24. The molecule has 1 unspecified atom stereocenters. The second kappa shape index (κ2) is 4.86. The minimum atomic E-state index is -3.73. The van der Waals surface area contributed by atoms with Crippen LogP contribution in [0.5, 0.6) is 0 Å². The standard InChI is InChI=1S/C9H15N3O4S/c1-6(13)4-11-17(15,16)7-3-8(9(10)14)12(2)5-7/h3,5-6,11,13H,4H2,1-2H3,(H2,10,14). The molecule has 0 radical (unpaired) electrons. The predicted molar refractivity (Wildman–Crippen MR) is 60.8 cm³/mol. The van der Waals surface area contributed by atoms with E-state index in [1.165, 1.54) is 30.8 Å². The van der Waals surface area contributed by atoms with Crippen molar-refractivity contribution in [2.24, 2.45) is 12.8 Å². The highest BCUT2D eigenvalue weighted by Gasteiger charge is 2.19. The van der Waals surface area contributed by atoms with Gasteiger partial charge in [-0.25, -0.2) is 13.1 Å². The number of hydrogen-bond donors (Lipinski definition) is 3. The number of amides is 1. The summed E-state index contributed by atoms with van der Waals surface area (Å²) in [4.78, 5) is 10.9. The van der Waals surface area contributed by atoms with Crippen LogP contribution in [0.3, 0.4) is 0 Å². The number of nitrogens with two attached hydrogens (primary N) is 1. The van der Waals surface area contributed by atoms with Gasteiger partial charge in [0.15, 0.2) is 0 Å². The molecule has 17 heavy (non-hydrogen) atoms. The molecular formula is C9H15N3O4S. The number of aliphatic hydroxyl groups excluding tert-OH is 1. The van der Waals surface area contributed by atoms with Crippen LogP contribution in [0.4, 0.5) is 0 Å². The summed E-state index contributed by atoms with van der Waals surface area (Å²) in [6.07, 6.45) is 0.494. The molecule has 0 aliphatic carbocycles. The van der Waals surface area contributed by atoms with E-state index in [9.17, 15) is 13.2 Å². The van der Waals surface area contributed by atoms with Crippen molar-refractivity contribution in [3.05, 3.63) is 18.0 Å². The summed E-state index contributed by atoms with van der Waals surface area (Å²) in [7, 11) is -2.21. The lowest BCUT2D eigenvalue weighted by molar-refractivity contribution is 0.0992. The first-order valence-electron chi connectivity index (χ1n) is 4.88. The molecule has 96 valence electrons. The van der Waals surface area contributed by atoms with E-state index in [4.69, 9.17) is 10.8 Å². The van der Waals surface area contributed by atoms with E-state index in [-0.39, 0.29) is 17.1 Å². The third-order valence-corrected chi connectivity index (χ3v) is 3.50. The number of sulfonamides is 1. The van der Waals surface area contributed by atoms with Crippen molar-refractivity contribution in [1.82, 2.24) is 9.29 Å². The molecule has 0 bridgehead atoms. The van der Waals surface area contributed by atoms with E-state index < -0.39 is 22.0 Å². The highest BCUT2D eigenvalue weighted by Crippen LogP contribution is 2.12. The largest absolute Gasteiger partial charge is 0.392 e. The van der Waals surface area contributed by atoms with Gasteiger partial charge in [-0.15, -0.1) is 0 Å². The van der Waals surface area contributed by atoms with E-state index in [0.717, 1.165) is 0 Å². The Bertz CT molecular complexity index is 518. The number of hydrogen-bond acceptors (Lipinski definition) is 4. The lowest BCUT2D eigenvalue weighted by atomic mass is 10.4. The number of primary amides is 1. The zero-order valence-electron chi connectivity index (χ0n) is 9.54. The Balaban J connectivity index is 3.00. The summed E-state index contributed by atoms with van der Waals surface area (Å²) >= 11 is 0. The van der Waals surface area contributed by atoms with Crippen LogP contribution < -0.4 is 10.5 Å². The molecule has 1 atom stereocenters. The Kier molecular flexibility index (Phi) is 3.91. The smallest absolute Gasteiger partial charge is 0.265 e. The van der Waals surface area contributed by atoms with Crippen molar-refractivity contribution in [3.8, 4) is 0 Å². The van der Waals surface area contributed by atoms with Crippen molar-refractivity contribution in [2.45, 2.75) is 17.9 Å². The van der Waals surface area contributed by atoms with E-state index in [0.29, 0.717) is 0 Å². The minimum Gasteiger partial charge on any atom is -0.392 e. The number of nitrogens with one attached hydrogen (secondary N) is 1. The van der Waals surface area contributed by atoms with E-state index >= 15 is 0 Å². The maximum Gasteiger partial charge on any atom is 0.265 e. The molecule has 7 nitrogen and oxygen atoms in total. The SMILES string of the molecule is CC(O)CNS(=O)(=O)c1cc(C(N)=O)n(C)c1. The first-order valence-corrected chi connectivity index (χ1v) is 6.36. The van der Waals surface area contributed by atoms with Gasteiger partial charge < -0.3 is 15.4 Å². The van der Waals surface area contributed by atoms with E-state index in [2.05, 4.69) is 4.72 Å². The van der Waals surface area contributed by atoms with Crippen LogP contribution in [0, 0.1) is 0 Å². The molecule has 1 aromatic heterocycles. The van der Waals surface area contributed by atoms with Gasteiger partial charge >= 0.3 is 0 Å². The minimum absolute atomic E-state index is 0.0607. The monoisotopic (exact) mass is 261 g/mol. The Morgan fingerprint density at radius 2 is 2.24 bits per heavy atom. The zero-order valence-corrected chi connectivity index (χ0v) is 10.4. The third kappa shape index (κ3) is 3.29. The number of nitrogens with zero attached hydrogens (tertiary/aromatic N) is 1. The Morgan fingerprint density at radius 1 is 1.65 bits per heavy atom. The van der Waals surface area contributed by atoms with Crippen LogP contribution in [-0.4, -0.2) is 36.6 Å². The van der Waals surface area contributed by atoms with Crippen LogP contribution in [0.2, 0.25) is 0 Å². The van der Waals surface area contributed by atoms with Crippen LogP contribution in [0.25, 0.3) is 0 Å². The topological polar surface area (TPSA) is 114 Å². The molecule has 0 aliphatic heterocycles. The Labute approximate surface area is 99.3 Å². The molecule has 4 N–H and O–H groups in total. The molecule has 0 spiro atoms. The normalized spacial score (nSPS) is 13.6. The number of aromatic nitrogens is 1. The average Bonchev–Trinajstić information content (AvgIpc) is 2.58. The van der Waals surface area contributed by atoms with Gasteiger partial charge in [0.25, 0.3) is 5.91 Å². The van der Waals surface area contributed by atoms with Gasteiger partial charge in [0.05, 0.1) is 6.10 Å². The molecule has 1 heterocycles. The number of rotatable bonds is 5. The number of carbonyl (C=O) groups is 1. The van der Waals surface area contributed by atoms with Gasteiger partial charge in [0.2, 0.25) is 10.0 Å². The van der Waals surface area contributed by atoms with Gasteiger partial charge in [0.1, 0.15) is 10.6 Å². The van der Waals surface area contributed by atoms with Crippen LogP contribution in [0.15, 0.2) is 17.2 Å². The summed E-state index contributed by atoms with van der Waals surface area (Å²) in [6, 6.07) is 1.19. The highest BCUT2D eigenvalue weighted by atomic mass is 32.2. The van der Waals surface area contributed by atoms with Gasteiger partial charge in [-0.2, -0.15) is 0 Å². The molecule has 1 rings (SSSR count). The van der Waals surface area contributed by atoms with Gasteiger partial charge in [-0.05, 0) is 13.0 Å². The molecule has 0 aromatic carbocycles. The fourth-order valence-corrected chi connectivity index (χ4v) is 2.43. The molecule has 0 saturated carbocycles. The Hall–Kier alpha value is -1.38. The summed E-state index contributed by atoms with van der Waals surface area (Å²) in [5, 5.41) is 9.00. The molecule has 8 heteroatoms. The lowest BCUT2D eigenvalue weighted by Crippen LogP contribution is -2.30. The second-order valence-corrected chi connectivity index (χ2v) is 5.50. The molecule has 1 amide bonds. The number of carbonyl (C=O) groups excluding carboxylic acids is 1. The molecule has 0 aliphatic rings. The van der Waals surface area contributed by atoms with Crippen LogP contribution in [0.1, 0.15) is 17.4 Å². The van der Waals surface area contributed by atoms with Crippen LogP contribution >= 0.6 is 0 Å². The number of aliphatic hydroxyl groups is 1. The number of aryl methyl sites for hydroxylation is 1. The fraction of sp³-hybridized carbons (Fsp3) is 0.444. The van der Waals surface area contributed by atoms with Crippen molar-refractivity contribution < 1.29 is 18.3 Å². The van der Waals surface area contributed by atoms with Crippen LogP contribution in [-0.2, 0) is 17.1 Å². The van der Waals surface area contributed by atoms with Gasteiger partial charge in [-0.3, -0.25) is 4.79 Å². The average molecular weight is 261 g/mol. The Morgan fingerprint density at radius 3 is 2.65 bits per heavy atom. The maximum atomic E-state index is 11.7. The lowest BCUT2D eigenvalue weighted by Gasteiger charge is -2.06. The van der Waals surface area contributed by atoms with Crippen molar-refractivity contribution in [2.75, 3.05) is 6.54 Å². The van der Waals surface area contributed by atoms with E-state index in [1.807, 2.05) is 0 Å². The molecular weight excluding hydrogens is 246 g/mol. The summed E-state index contributed by atoms with van der Waals surface area (Å²) in [6.45, 7) is 1.37. The van der Waals surface area contributed by atoms with Crippen molar-refractivity contribution >= 4 is 15.9 Å². The van der Waals surface area contributed by atoms with Crippen molar-refractivity contribution in [1.29, 1.82) is 0 Å². The summed E-state index contributed by atoms with van der Waals surface area (Å²) in [5.41, 5.74) is 5.18. The van der Waals surface area contributed by atoms with Crippen molar-refractivity contribution in [3.63, 3.8) is 0 Å². The predicted octanol–water partition coefficient (Wildman–Crippen LogP) is -1.22.